The van der Waals surface area contributed by atoms with Crippen LogP contribution in [0.15, 0.2) is 63.9 Å². The number of carbonyl (C=O) groups is 1. The molecule has 0 aliphatic carbocycles. The molecule has 1 aliphatic heterocycles. The number of anilines is 1. The number of ether oxygens (including phenoxy) is 1. The maximum atomic E-state index is 13.2. The minimum atomic E-state index is -3.60. The maximum absolute atomic E-state index is 13.2. The summed E-state index contributed by atoms with van der Waals surface area (Å²) in [5.74, 6) is 0.103. The van der Waals surface area contributed by atoms with Crippen molar-refractivity contribution >= 4 is 43.6 Å². The third-order valence-electron chi connectivity index (χ3n) is 6.73. The summed E-state index contributed by atoms with van der Waals surface area (Å²) in [5.41, 5.74) is 3.72. The quantitative estimate of drug-likeness (QED) is 0.411. The molecule has 0 saturated carbocycles. The highest BCUT2D eigenvalue weighted by Gasteiger charge is 2.33. The minimum Gasteiger partial charge on any atom is -0.495 e. The average Bonchev–Trinajstić information content (AvgIpc) is 3.20. The van der Waals surface area contributed by atoms with Crippen LogP contribution in [0.4, 0.5) is 5.69 Å². The summed E-state index contributed by atoms with van der Waals surface area (Å²) >= 11 is 0. The molecule has 1 amide bonds. The molecule has 1 aliphatic rings. The summed E-state index contributed by atoms with van der Waals surface area (Å²) in [6, 6.07) is 16.8. The lowest BCUT2D eigenvalue weighted by molar-refractivity contribution is -0.120. The Morgan fingerprint density at radius 2 is 1.74 bits per heavy atom. The molecule has 35 heavy (non-hydrogen) atoms. The maximum Gasteiger partial charge on any atom is 0.243 e. The number of rotatable bonds is 5. The Morgan fingerprint density at radius 3 is 2.46 bits per heavy atom. The molecular weight excluding hydrogens is 464 g/mol. The zero-order valence-electron chi connectivity index (χ0n) is 20.0. The Hall–Kier alpha value is -3.36. The monoisotopic (exact) mass is 492 g/mol. The van der Waals surface area contributed by atoms with Crippen molar-refractivity contribution in [2.24, 2.45) is 5.92 Å². The number of hydrogen-bond donors (Lipinski definition) is 1. The number of fused-ring (bicyclic) bond motifs is 3. The third kappa shape index (κ3) is 4.28. The van der Waals surface area contributed by atoms with E-state index in [2.05, 4.69) is 5.32 Å². The Labute approximate surface area is 204 Å². The second kappa shape index (κ2) is 9.02. The van der Waals surface area contributed by atoms with Crippen LogP contribution in [-0.4, -0.2) is 38.8 Å². The highest BCUT2D eigenvalue weighted by Crippen LogP contribution is 2.37. The normalized spacial score (nSPS) is 15.5. The first-order chi connectivity index (χ1) is 16.8. The number of aryl methyl sites for hydroxylation is 2. The van der Waals surface area contributed by atoms with Gasteiger partial charge in [-0.2, -0.15) is 4.31 Å². The van der Waals surface area contributed by atoms with Gasteiger partial charge in [-0.05, 0) is 50.5 Å². The molecule has 7 nitrogen and oxygen atoms in total. The summed E-state index contributed by atoms with van der Waals surface area (Å²) in [7, 11) is -2.03. The van der Waals surface area contributed by atoms with Gasteiger partial charge in [0.25, 0.3) is 0 Å². The van der Waals surface area contributed by atoms with Crippen molar-refractivity contribution in [3.8, 4) is 5.75 Å². The first-order valence-electron chi connectivity index (χ1n) is 11.7. The van der Waals surface area contributed by atoms with Gasteiger partial charge in [-0.25, -0.2) is 8.42 Å². The van der Waals surface area contributed by atoms with Crippen molar-refractivity contribution in [1.82, 2.24) is 4.31 Å². The van der Waals surface area contributed by atoms with E-state index in [1.807, 2.05) is 56.3 Å². The van der Waals surface area contributed by atoms with E-state index in [4.69, 9.17) is 9.15 Å². The molecule has 0 spiro atoms. The number of furan rings is 1. The Kier molecular flexibility index (Phi) is 6.02. The molecule has 0 atom stereocenters. The van der Waals surface area contributed by atoms with Crippen LogP contribution in [0.5, 0.6) is 5.75 Å². The van der Waals surface area contributed by atoms with E-state index in [9.17, 15) is 13.2 Å². The Morgan fingerprint density at radius 1 is 1.00 bits per heavy atom. The predicted octanol–water partition coefficient (Wildman–Crippen LogP) is 5.25. The van der Waals surface area contributed by atoms with Crippen LogP contribution in [0, 0.1) is 19.8 Å². The van der Waals surface area contributed by atoms with Gasteiger partial charge in [0.15, 0.2) is 0 Å². The van der Waals surface area contributed by atoms with Crippen LogP contribution >= 0.6 is 0 Å². The molecule has 4 aromatic rings. The molecule has 1 N–H and O–H groups in total. The van der Waals surface area contributed by atoms with E-state index >= 15 is 0 Å². The van der Waals surface area contributed by atoms with E-state index in [1.165, 1.54) is 4.31 Å². The zero-order chi connectivity index (χ0) is 24.7. The number of piperidine rings is 1. The zero-order valence-corrected chi connectivity index (χ0v) is 20.8. The smallest absolute Gasteiger partial charge is 0.243 e. The van der Waals surface area contributed by atoms with Crippen molar-refractivity contribution in [3.63, 3.8) is 0 Å². The molecule has 1 saturated heterocycles. The molecule has 8 heteroatoms. The number of nitrogens with zero attached hydrogens (tertiary/aromatic N) is 1. The summed E-state index contributed by atoms with van der Waals surface area (Å²) in [6.07, 6.45) is 0.899. The van der Waals surface area contributed by atoms with Crippen molar-refractivity contribution in [3.05, 3.63) is 65.7 Å². The fourth-order valence-corrected chi connectivity index (χ4v) is 6.51. The van der Waals surface area contributed by atoms with Crippen LogP contribution in [-0.2, 0) is 14.8 Å². The number of para-hydroxylation sites is 1. The highest BCUT2D eigenvalue weighted by molar-refractivity contribution is 7.89. The van der Waals surface area contributed by atoms with E-state index in [0.717, 1.165) is 27.5 Å². The molecule has 0 bridgehead atoms. The summed E-state index contributed by atoms with van der Waals surface area (Å²) in [5, 5.41) is 4.88. The molecule has 0 unspecified atom stereocenters. The largest absolute Gasteiger partial charge is 0.495 e. The van der Waals surface area contributed by atoms with Crippen LogP contribution in [0.25, 0.3) is 21.9 Å². The first-order valence-corrected chi connectivity index (χ1v) is 13.1. The molecule has 182 valence electrons. The molecule has 2 heterocycles. The number of carbonyl (C=O) groups excluding carboxylic acids is 1. The molecule has 1 fully saturated rings. The lowest BCUT2D eigenvalue weighted by atomic mass is 9.97. The topological polar surface area (TPSA) is 88.9 Å². The lowest BCUT2D eigenvalue weighted by Crippen LogP contribution is -2.41. The van der Waals surface area contributed by atoms with Gasteiger partial charge in [0.2, 0.25) is 15.9 Å². The third-order valence-corrected chi connectivity index (χ3v) is 8.79. The van der Waals surface area contributed by atoms with Gasteiger partial charge in [0.1, 0.15) is 16.9 Å². The van der Waals surface area contributed by atoms with Crippen LogP contribution in [0.1, 0.15) is 24.0 Å². The first kappa shape index (κ1) is 23.4. The number of nitrogens with one attached hydrogen (secondary N) is 1. The van der Waals surface area contributed by atoms with E-state index in [0.29, 0.717) is 47.8 Å². The standard InChI is InChI=1S/C27H28N2O5S/c1-17-8-9-26(18(2)14-17)35(31,32)29-12-10-19(11-13-29)27(30)28-22-16-24-21(15-25(22)33-3)20-6-4-5-7-23(20)34-24/h4-9,14-16,19H,10-13H2,1-3H3,(H,28,30). The Balaban J connectivity index is 1.31. The van der Waals surface area contributed by atoms with E-state index in [-0.39, 0.29) is 11.8 Å². The van der Waals surface area contributed by atoms with Crippen LogP contribution in [0.3, 0.4) is 0 Å². The minimum absolute atomic E-state index is 0.151. The molecule has 3 aromatic carbocycles. The number of methoxy groups -OCH3 is 1. The van der Waals surface area contributed by atoms with Crippen molar-refractivity contribution in [2.75, 3.05) is 25.5 Å². The molecule has 1 aromatic heterocycles. The van der Waals surface area contributed by atoms with Crippen molar-refractivity contribution in [2.45, 2.75) is 31.6 Å². The summed E-state index contributed by atoms with van der Waals surface area (Å²) in [4.78, 5) is 13.4. The fraction of sp³-hybridized carbons (Fsp3) is 0.296. The van der Waals surface area contributed by atoms with Crippen LogP contribution < -0.4 is 10.1 Å². The molecular formula is C27H28N2O5S. The summed E-state index contributed by atoms with van der Waals surface area (Å²) in [6.45, 7) is 4.35. The predicted molar refractivity (Wildman–Crippen MR) is 136 cm³/mol. The SMILES string of the molecule is COc1cc2c(cc1NC(=O)C1CCN(S(=O)(=O)c3ccc(C)cc3C)CC1)oc1ccccc12. The van der Waals surface area contributed by atoms with Crippen molar-refractivity contribution < 1.29 is 22.4 Å². The fourth-order valence-electron chi connectivity index (χ4n) is 4.84. The van der Waals surface area contributed by atoms with Crippen LogP contribution in [0.2, 0.25) is 0 Å². The van der Waals surface area contributed by atoms with Gasteiger partial charge in [-0.15, -0.1) is 0 Å². The Bertz CT molecular complexity index is 1530. The number of hydrogen-bond acceptors (Lipinski definition) is 5. The second-order valence-corrected chi connectivity index (χ2v) is 11.0. The highest BCUT2D eigenvalue weighted by atomic mass is 32.2. The molecule has 0 radical (unpaired) electrons. The second-order valence-electron chi connectivity index (χ2n) is 9.08. The van der Waals surface area contributed by atoms with E-state index < -0.39 is 10.0 Å². The molecule has 5 rings (SSSR count). The van der Waals surface area contributed by atoms with Gasteiger partial charge >= 0.3 is 0 Å². The lowest BCUT2D eigenvalue weighted by Gasteiger charge is -2.31. The number of benzene rings is 3. The van der Waals surface area contributed by atoms with Gasteiger partial charge < -0.3 is 14.5 Å². The van der Waals surface area contributed by atoms with E-state index in [1.54, 1.807) is 19.2 Å². The van der Waals surface area contributed by atoms with Gasteiger partial charge in [0, 0.05) is 35.8 Å². The van der Waals surface area contributed by atoms with Gasteiger partial charge in [0.05, 0.1) is 17.7 Å². The average molecular weight is 493 g/mol. The van der Waals surface area contributed by atoms with Crippen molar-refractivity contribution in [1.29, 1.82) is 0 Å². The van der Waals surface area contributed by atoms with Gasteiger partial charge in [-0.3, -0.25) is 4.79 Å². The summed E-state index contributed by atoms with van der Waals surface area (Å²) < 4.78 is 39.3. The number of sulfonamides is 1. The van der Waals surface area contributed by atoms with Gasteiger partial charge in [-0.1, -0.05) is 35.9 Å². The number of amides is 1.